The highest BCUT2D eigenvalue weighted by molar-refractivity contribution is 6.30. The third-order valence-corrected chi connectivity index (χ3v) is 3.57. The van der Waals surface area contributed by atoms with E-state index in [1.54, 1.807) is 24.3 Å². The van der Waals surface area contributed by atoms with E-state index in [0.717, 1.165) is 0 Å². The van der Waals surface area contributed by atoms with Gasteiger partial charge >= 0.3 is 12.0 Å². The van der Waals surface area contributed by atoms with Crippen LogP contribution in [0.15, 0.2) is 24.3 Å². The van der Waals surface area contributed by atoms with E-state index >= 15 is 0 Å². The van der Waals surface area contributed by atoms with Crippen LogP contribution in [-0.4, -0.2) is 35.7 Å². The molecule has 0 saturated carbocycles. The molecule has 2 amide bonds. The third kappa shape index (κ3) is 3.40. The number of hydrogen-bond acceptors (Lipinski definition) is 3. The molecule has 108 valence electrons. The lowest BCUT2D eigenvalue weighted by molar-refractivity contribution is -0.145. The Morgan fingerprint density at radius 3 is 2.35 bits per heavy atom. The summed E-state index contributed by atoms with van der Waals surface area (Å²) < 4.78 is 0. The number of carbonyl (C=O) groups is 2. The van der Waals surface area contributed by atoms with Crippen molar-refractivity contribution in [1.82, 2.24) is 10.6 Å². The van der Waals surface area contributed by atoms with Gasteiger partial charge in [0.2, 0.25) is 0 Å². The van der Waals surface area contributed by atoms with E-state index in [1.165, 1.54) is 0 Å². The Morgan fingerprint density at radius 1 is 1.20 bits per heavy atom. The molecular weight excluding hydrogens is 282 g/mol. The fourth-order valence-corrected chi connectivity index (χ4v) is 2.28. The zero-order valence-electron chi connectivity index (χ0n) is 10.8. The van der Waals surface area contributed by atoms with Crippen molar-refractivity contribution in [2.45, 2.75) is 18.4 Å². The van der Waals surface area contributed by atoms with Gasteiger partial charge in [-0.25, -0.2) is 9.59 Å². The van der Waals surface area contributed by atoms with Gasteiger partial charge in [0.25, 0.3) is 0 Å². The van der Waals surface area contributed by atoms with Crippen LogP contribution in [0, 0.1) is 0 Å². The lowest BCUT2D eigenvalue weighted by Crippen LogP contribution is -2.60. The van der Waals surface area contributed by atoms with Crippen LogP contribution in [0.3, 0.4) is 0 Å². The second-order valence-electron chi connectivity index (χ2n) is 4.72. The summed E-state index contributed by atoms with van der Waals surface area (Å²) in [6.07, 6.45) is 0.715. The SMILES string of the molecule is O=C(Nc1ccc(Cl)cc1)NC1(C(=O)O)CCNCC1. The van der Waals surface area contributed by atoms with Gasteiger partial charge in [-0.05, 0) is 50.2 Å². The predicted molar refractivity (Wildman–Crippen MR) is 76.1 cm³/mol. The highest BCUT2D eigenvalue weighted by Crippen LogP contribution is 2.19. The van der Waals surface area contributed by atoms with Crippen molar-refractivity contribution in [1.29, 1.82) is 0 Å². The predicted octanol–water partition coefficient (Wildman–Crippen LogP) is 1.67. The Balaban J connectivity index is 2.01. The molecule has 0 unspecified atom stereocenters. The number of nitrogens with one attached hydrogen (secondary N) is 3. The summed E-state index contributed by atoms with van der Waals surface area (Å²) in [5, 5.41) is 18.2. The molecule has 1 aromatic rings. The summed E-state index contributed by atoms with van der Waals surface area (Å²) in [7, 11) is 0. The highest BCUT2D eigenvalue weighted by atomic mass is 35.5. The number of urea groups is 1. The Kier molecular flexibility index (Phi) is 4.46. The fourth-order valence-electron chi connectivity index (χ4n) is 2.16. The molecule has 0 spiro atoms. The van der Waals surface area contributed by atoms with E-state index in [4.69, 9.17) is 11.6 Å². The molecule has 0 bridgehead atoms. The molecule has 0 radical (unpaired) electrons. The molecule has 1 aromatic carbocycles. The van der Waals surface area contributed by atoms with Crippen LogP contribution in [-0.2, 0) is 4.79 Å². The summed E-state index contributed by atoms with van der Waals surface area (Å²) in [5.41, 5.74) is -0.650. The zero-order chi connectivity index (χ0) is 14.6. The Hall–Kier alpha value is -1.79. The molecule has 1 aliphatic heterocycles. The van der Waals surface area contributed by atoms with Crippen LogP contribution in [0.5, 0.6) is 0 Å². The molecule has 1 fully saturated rings. The topological polar surface area (TPSA) is 90.5 Å². The lowest BCUT2D eigenvalue weighted by atomic mass is 9.88. The molecule has 20 heavy (non-hydrogen) atoms. The number of halogens is 1. The fraction of sp³-hybridized carbons (Fsp3) is 0.385. The molecule has 1 heterocycles. The van der Waals surface area contributed by atoms with Crippen molar-refractivity contribution in [3.8, 4) is 0 Å². The number of carboxylic acid groups (broad SMARTS) is 1. The number of hydrogen-bond donors (Lipinski definition) is 4. The maximum Gasteiger partial charge on any atom is 0.329 e. The van der Waals surface area contributed by atoms with E-state index < -0.39 is 17.5 Å². The minimum atomic E-state index is -1.21. The highest BCUT2D eigenvalue weighted by Gasteiger charge is 2.41. The number of benzene rings is 1. The van der Waals surface area contributed by atoms with Gasteiger partial charge in [-0.3, -0.25) is 0 Å². The molecule has 2 rings (SSSR count). The summed E-state index contributed by atoms with van der Waals surface area (Å²) in [6, 6.07) is 6.07. The summed E-state index contributed by atoms with van der Waals surface area (Å²) in [6.45, 7) is 1.13. The van der Waals surface area contributed by atoms with Gasteiger partial charge in [-0.2, -0.15) is 0 Å². The summed E-state index contributed by atoms with van der Waals surface area (Å²) in [5.74, 6) is -1.01. The van der Waals surface area contributed by atoms with Gasteiger partial charge in [-0.1, -0.05) is 11.6 Å². The maximum atomic E-state index is 11.9. The second kappa shape index (κ2) is 6.11. The van der Waals surface area contributed by atoms with Crippen LogP contribution >= 0.6 is 11.6 Å². The number of carboxylic acids is 1. The molecule has 0 aromatic heterocycles. The standard InChI is InChI=1S/C13H16ClN3O3/c14-9-1-3-10(4-2-9)16-12(20)17-13(11(18)19)5-7-15-8-6-13/h1-4,15H,5-8H2,(H,18,19)(H2,16,17,20). The average Bonchev–Trinajstić information content (AvgIpc) is 2.42. The third-order valence-electron chi connectivity index (χ3n) is 3.32. The number of amides is 2. The first-order chi connectivity index (χ1) is 9.52. The van der Waals surface area contributed by atoms with E-state index in [0.29, 0.717) is 36.6 Å². The molecule has 7 heteroatoms. The monoisotopic (exact) mass is 297 g/mol. The van der Waals surface area contributed by atoms with Crippen LogP contribution in [0.4, 0.5) is 10.5 Å². The molecule has 0 atom stereocenters. The maximum absolute atomic E-state index is 11.9. The molecule has 4 N–H and O–H groups in total. The van der Waals surface area contributed by atoms with E-state index in [9.17, 15) is 14.7 Å². The zero-order valence-corrected chi connectivity index (χ0v) is 11.5. The minimum Gasteiger partial charge on any atom is -0.480 e. The van der Waals surface area contributed by atoms with Crippen molar-refractivity contribution in [3.05, 3.63) is 29.3 Å². The molecule has 6 nitrogen and oxygen atoms in total. The van der Waals surface area contributed by atoms with Gasteiger partial charge in [-0.15, -0.1) is 0 Å². The molecule has 1 aliphatic rings. The molecule has 1 saturated heterocycles. The van der Waals surface area contributed by atoms with Crippen LogP contribution in [0.2, 0.25) is 5.02 Å². The molecule has 0 aliphatic carbocycles. The number of carbonyl (C=O) groups excluding carboxylic acids is 1. The largest absolute Gasteiger partial charge is 0.480 e. The van der Waals surface area contributed by atoms with Crippen molar-refractivity contribution >= 4 is 29.3 Å². The van der Waals surface area contributed by atoms with E-state index in [2.05, 4.69) is 16.0 Å². The van der Waals surface area contributed by atoms with Crippen molar-refractivity contribution in [2.24, 2.45) is 0 Å². The lowest BCUT2D eigenvalue weighted by Gasteiger charge is -2.34. The quantitative estimate of drug-likeness (QED) is 0.683. The van der Waals surface area contributed by atoms with Gasteiger partial charge < -0.3 is 21.1 Å². The number of anilines is 1. The van der Waals surface area contributed by atoms with Crippen LogP contribution in [0.25, 0.3) is 0 Å². The normalized spacial score (nSPS) is 17.2. The minimum absolute atomic E-state index is 0.358. The van der Waals surface area contributed by atoms with Gasteiger partial charge in [0.05, 0.1) is 0 Å². The van der Waals surface area contributed by atoms with Crippen molar-refractivity contribution < 1.29 is 14.7 Å². The average molecular weight is 298 g/mol. The first kappa shape index (κ1) is 14.6. The summed E-state index contributed by atoms with van der Waals surface area (Å²) in [4.78, 5) is 23.4. The number of piperidine rings is 1. The van der Waals surface area contributed by atoms with Crippen molar-refractivity contribution in [2.75, 3.05) is 18.4 Å². The smallest absolute Gasteiger partial charge is 0.329 e. The second-order valence-corrected chi connectivity index (χ2v) is 5.16. The Labute approximate surface area is 121 Å². The van der Waals surface area contributed by atoms with E-state index in [-0.39, 0.29) is 0 Å². The Morgan fingerprint density at radius 2 is 1.80 bits per heavy atom. The van der Waals surface area contributed by atoms with Gasteiger partial charge in [0.1, 0.15) is 5.54 Å². The summed E-state index contributed by atoms with van der Waals surface area (Å²) >= 11 is 5.75. The van der Waals surface area contributed by atoms with Gasteiger partial charge in [0, 0.05) is 10.7 Å². The van der Waals surface area contributed by atoms with Crippen LogP contribution < -0.4 is 16.0 Å². The van der Waals surface area contributed by atoms with E-state index in [1.807, 2.05) is 0 Å². The Bertz CT molecular complexity index is 498. The first-order valence-corrected chi connectivity index (χ1v) is 6.68. The number of aliphatic carboxylic acids is 1. The van der Waals surface area contributed by atoms with Crippen molar-refractivity contribution in [3.63, 3.8) is 0 Å². The van der Waals surface area contributed by atoms with Gasteiger partial charge in [0.15, 0.2) is 0 Å². The first-order valence-electron chi connectivity index (χ1n) is 6.31. The van der Waals surface area contributed by atoms with Crippen LogP contribution in [0.1, 0.15) is 12.8 Å². The molecular formula is C13H16ClN3O3. The number of rotatable bonds is 3.